The number of aliphatic carboxylic acids is 1. The molecule has 1 aromatic rings. The van der Waals surface area contributed by atoms with Crippen LogP contribution in [0.3, 0.4) is 0 Å². The third kappa shape index (κ3) is 2.19. The molecule has 5 nitrogen and oxygen atoms in total. The molecule has 6 heteroatoms. The van der Waals surface area contributed by atoms with Gasteiger partial charge in [0.05, 0.1) is 17.2 Å². The lowest BCUT2D eigenvalue weighted by molar-refractivity contribution is -0.142. The van der Waals surface area contributed by atoms with Gasteiger partial charge in [0.15, 0.2) is 0 Å². The second-order valence-corrected chi connectivity index (χ2v) is 4.40. The number of nitrogens with two attached hydrogens (primary N) is 1. The summed E-state index contributed by atoms with van der Waals surface area (Å²) in [6, 6.07) is 4.76. The van der Waals surface area contributed by atoms with E-state index in [4.69, 9.17) is 22.4 Å². The van der Waals surface area contributed by atoms with Crippen molar-refractivity contribution in [3.05, 3.63) is 28.8 Å². The monoisotopic (exact) mass is 254 g/mol. The molecule has 1 aliphatic rings. The van der Waals surface area contributed by atoms with Crippen molar-refractivity contribution in [1.29, 1.82) is 0 Å². The molecule has 0 aliphatic carbocycles. The van der Waals surface area contributed by atoms with Crippen LogP contribution in [-0.4, -0.2) is 30.1 Å². The van der Waals surface area contributed by atoms with Crippen molar-refractivity contribution in [2.75, 3.05) is 18.0 Å². The van der Waals surface area contributed by atoms with Crippen LogP contribution in [-0.2, 0) is 4.79 Å². The Morgan fingerprint density at radius 2 is 2.06 bits per heavy atom. The van der Waals surface area contributed by atoms with E-state index in [-0.39, 0.29) is 0 Å². The molecule has 0 saturated carbocycles. The van der Waals surface area contributed by atoms with Crippen molar-refractivity contribution in [3.8, 4) is 0 Å². The van der Waals surface area contributed by atoms with Crippen LogP contribution in [0.1, 0.15) is 10.4 Å². The van der Waals surface area contributed by atoms with Gasteiger partial charge in [-0.15, -0.1) is 0 Å². The summed E-state index contributed by atoms with van der Waals surface area (Å²) in [5.74, 6) is -1.77. The van der Waals surface area contributed by atoms with E-state index < -0.39 is 17.8 Å². The van der Waals surface area contributed by atoms with Gasteiger partial charge in [0.25, 0.3) is 5.91 Å². The predicted octanol–water partition coefficient (Wildman–Crippen LogP) is 0.960. The van der Waals surface area contributed by atoms with Gasteiger partial charge in [-0.05, 0) is 18.2 Å². The number of primary amides is 1. The summed E-state index contributed by atoms with van der Waals surface area (Å²) in [4.78, 5) is 23.7. The molecule has 2 rings (SSSR count). The molecule has 0 spiro atoms. The Hall–Kier alpha value is -1.75. The summed E-state index contributed by atoms with van der Waals surface area (Å²) in [6.45, 7) is 0.742. The van der Waals surface area contributed by atoms with E-state index in [0.717, 1.165) is 0 Å². The molecule has 0 atom stereocenters. The number of nitrogens with zero attached hydrogens (tertiary/aromatic N) is 1. The number of benzene rings is 1. The lowest BCUT2D eigenvalue weighted by atomic mass is 9.98. The highest BCUT2D eigenvalue weighted by Gasteiger charge is 2.34. The summed E-state index contributed by atoms with van der Waals surface area (Å²) in [5.41, 5.74) is 6.21. The maximum atomic E-state index is 11.2. The molecule has 1 saturated heterocycles. The van der Waals surface area contributed by atoms with Crippen molar-refractivity contribution >= 4 is 29.2 Å². The summed E-state index contributed by atoms with van der Waals surface area (Å²) in [5, 5.41) is 9.28. The van der Waals surface area contributed by atoms with Gasteiger partial charge in [0.2, 0.25) is 0 Å². The van der Waals surface area contributed by atoms with Crippen LogP contribution >= 0.6 is 11.6 Å². The molecule has 0 bridgehead atoms. The average molecular weight is 255 g/mol. The van der Waals surface area contributed by atoms with Crippen molar-refractivity contribution in [2.45, 2.75) is 0 Å². The number of carbonyl (C=O) groups is 2. The molecule has 0 aromatic heterocycles. The van der Waals surface area contributed by atoms with Crippen LogP contribution in [0.5, 0.6) is 0 Å². The minimum atomic E-state index is -0.830. The van der Waals surface area contributed by atoms with Crippen LogP contribution in [0.2, 0.25) is 5.02 Å². The summed E-state index contributed by atoms with van der Waals surface area (Å²) < 4.78 is 0. The standard InChI is InChI=1S/C11H11ClN2O3/c12-7-1-2-8(10(13)15)9(3-7)14-4-6(5-14)11(16)17/h1-3,6H,4-5H2,(H2,13,15)(H,16,17). The Morgan fingerprint density at radius 3 is 2.59 bits per heavy atom. The van der Waals surface area contributed by atoms with Gasteiger partial charge < -0.3 is 15.7 Å². The molecule has 0 unspecified atom stereocenters. The number of hydrogen-bond donors (Lipinski definition) is 2. The number of carboxylic acids is 1. The summed E-state index contributed by atoms with van der Waals surface area (Å²) in [7, 11) is 0. The van der Waals surface area contributed by atoms with Gasteiger partial charge in [-0.1, -0.05) is 11.6 Å². The average Bonchev–Trinajstić information content (AvgIpc) is 2.14. The Labute approximate surface area is 103 Å². The molecular formula is C11H11ClN2O3. The van der Waals surface area contributed by atoms with Gasteiger partial charge in [-0.2, -0.15) is 0 Å². The first-order valence-electron chi connectivity index (χ1n) is 5.06. The van der Waals surface area contributed by atoms with E-state index >= 15 is 0 Å². The van der Waals surface area contributed by atoms with Gasteiger partial charge in [-0.25, -0.2) is 0 Å². The zero-order valence-electron chi connectivity index (χ0n) is 8.89. The molecule has 1 aromatic carbocycles. The van der Waals surface area contributed by atoms with Crippen molar-refractivity contribution in [1.82, 2.24) is 0 Å². The van der Waals surface area contributed by atoms with Crippen molar-refractivity contribution < 1.29 is 14.7 Å². The van der Waals surface area contributed by atoms with E-state index in [0.29, 0.717) is 29.4 Å². The number of carboxylic acid groups (broad SMARTS) is 1. The van der Waals surface area contributed by atoms with Gasteiger partial charge >= 0.3 is 5.97 Å². The van der Waals surface area contributed by atoms with E-state index in [1.165, 1.54) is 0 Å². The highest BCUT2D eigenvalue weighted by molar-refractivity contribution is 6.31. The Morgan fingerprint density at radius 1 is 1.41 bits per heavy atom. The first kappa shape index (κ1) is 11.7. The van der Waals surface area contributed by atoms with Gasteiger partial charge in [-0.3, -0.25) is 9.59 Å². The minimum Gasteiger partial charge on any atom is -0.481 e. The van der Waals surface area contributed by atoms with E-state index in [1.54, 1.807) is 23.1 Å². The summed E-state index contributed by atoms with van der Waals surface area (Å²) in [6.07, 6.45) is 0. The second kappa shape index (κ2) is 4.25. The third-order valence-corrected chi connectivity index (χ3v) is 3.03. The Bertz CT molecular complexity index is 484. The van der Waals surface area contributed by atoms with E-state index in [9.17, 15) is 9.59 Å². The Balaban J connectivity index is 2.24. The first-order chi connectivity index (χ1) is 7.99. The number of amides is 1. The first-order valence-corrected chi connectivity index (χ1v) is 5.44. The van der Waals surface area contributed by atoms with E-state index in [1.807, 2.05) is 0 Å². The molecule has 90 valence electrons. The van der Waals surface area contributed by atoms with Crippen LogP contribution < -0.4 is 10.6 Å². The predicted molar refractivity (Wildman–Crippen MR) is 63.3 cm³/mol. The molecule has 3 N–H and O–H groups in total. The van der Waals surface area contributed by atoms with E-state index in [2.05, 4.69) is 0 Å². The van der Waals surface area contributed by atoms with Crippen LogP contribution in [0.4, 0.5) is 5.69 Å². The van der Waals surface area contributed by atoms with Gasteiger partial charge in [0.1, 0.15) is 0 Å². The van der Waals surface area contributed by atoms with Crippen molar-refractivity contribution in [2.24, 2.45) is 11.7 Å². The molecule has 1 aliphatic heterocycles. The fourth-order valence-electron chi connectivity index (χ4n) is 1.81. The number of hydrogen-bond acceptors (Lipinski definition) is 3. The maximum Gasteiger partial charge on any atom is 0.310 e. The fourth-order valence-corrected chi connectivity index (χ4v) is 1.97. The van der Waals surface area contributed by atoms with Crippen LogP contribution in [0.25, 0.3) is 0 Å². The third-order valence-electron chi connectivity index (χ3n) is 2.80. The molecule has 1 heterocycles. The number of anilines is 1. The number of rotatable bonds is 3. The molecule has 0 radical (unpaired) electrons. The van der Waals surface area contributed by atoms with Crippen molar-refractivity contribution in [3.63, 3.8) is 0 Å². The quantitative estimate of drug-likeness (QED) is 0.842. The molecule has 1 amide bonds. The van der Waals surface area contributed by atoms with Crippen LogP contribution in [0, 0.1) is 5.92 Å². The normalized spacial score (nSPS) is 15.5. The number of carbonyl (C=O) groups excluding carboxylic acids is 1. The fraction of sp³-hybridized carbons (Fsp3) is 0.273. The Kier molecular flexibility index (Phi) is 2.93. The zero-order chi connectivity index (χ0) is 12.6. The lowest BCUT2D eigenvalue weighted by Crippen LogP contribution is -2.51. The van der Waals surface area contributed by atoms with Crippen LogP contribution in [0.15, 0.2) is 18.2 Å². The second-order valence-electron chi connectivity index (χ2n) is 3.97. The largest absolute Gasteiger partial charge is 0.481 e. The highest BCUT2D eigenvalue weighted by atomic mass is 35.5. The number of halogens is 1. The zero-order valence-corrected chi connectivity index (χ0v) is 9.65. The highest BCUT2D eigenvalue weighted by Crippen LogP contribution is 2.30. The molecular weight excluding hydrogens is 244 g/mol. The lowest BCUT2D eigenvalue weighted by Gasteiger charge is -2.39. The summed E-state index contributed by atoms with van der Waals surface area (Å²) >= 11 is 5.85. The maximum absolute atomic E-state index is 11.2. The smallest absolute Gasteiger partial charge is 0.310 e. The molecule has 17 heavy (non-hydrogen) atoms. The topological polar surface area (TPSA) is 83.6 Å². The SMILES string of the molecule is NC(=O)c1ccc(Cl)cc1N1CC(C(=O)O)C1. The molecule has 1 fully saturated rings. The minimum absolute atomic E-state index is 0.359. The van der Waals surface area contributed by atoms with Gasteiger partial charge in [0, 0.05) is 18.1 Å².